The number of nitrogens with one attached hydrogen (secondary N) is 1. The summed E-state index contributed by atoms with van der Waals surface area (Å²) in [5.41, 5.74) is 2.30. The second kappa shape index (κ2) is 12.8. The maximum atomic E-state index is 13.8. The summed E-state index contributed by atoms with van der Waals surface area (Å²) in [7, 11) is 0. The van der Waals surface area contributed by atoms with Crippen LogP contribution in [0.1, 0.15) is 55.9 Å². The van der Waals surface area contributed by atoms with Crippen molar-refractivity contribution in [2.75, 3.05) is 19.6 Å². The molecule has 1 saturated heterocycles. The normalized spacial score (nSPS) is 19.7. The van der Waals surface area contributed by atoms with Gasteiger partial charge in [-0.1, -0.05) is 48.5 Å². The third kappa shape index (κ3) is 6.27. The monoisotopic (exact) mass is 595 g/mol. The van der Waals surface area contributed by atoms with E-state index in [0.717, 1.165) is 17.5 Å². The van der Waals surface area contributed by atoms with Crippen molar-refractivity contribution in [3.05, 3.63) is 77.9 Å². The number of oxazole rings is 1. The zero-order chi connectivity index (χ0) is 30.6. The van der Waals surface area contributed by atoms with E-state index in [1.165, 1.54) is 0 Å². The number of amides is 3. The second-order valence-corrected chi connectivity index (χ2v) is 11.4. The van der Waals surface area contributed by atoms with E-state index >= 15 is 0 Å². The molecule has 228 valence electrons. The Morgan fingerprint density at radius 1 is 0.932 bits per heavy atom. The van der Waals surface area contributed by atoms with Gasteiger partial charge in [-0.15, -0.1) is 0 Å². The number of aromatic nitrogens is 4. The van der Waals surface area contributed by atoms with Crippen molar-refractivity contribution in [3.63, 3.8) is 0 Å². The van der Waals surface area contributed by atoms with Gasteiger partial charge >= 0.3 is 0 Å². The summed E-state index contributed by atoms with van der Waals surface area (Å²) in [6.45, 7) is 5.37. The maximum absolute atomic E-state index is 13.8. The van der Waals surface area contributed by atoms with Gasteiger partial charge in [0.1, 0.15) is 17.6 Å². The van der Waals surface area contributed by atoms with Gasteiger partial charge in [0, 0.05) is 37.2 Å². The van der Waals surface area contributed by atoms with Crippen LogP contribution in [0.15, 0.2) is 65.1 Å². The Kier molecular flexibility index (Phi) is 8.53. The van der Waals surface area contributed by atoms with Gasteiger partial charge in [-0.05, 0) is 45.2 Å². The van der Waals surface area contributed by atoms with E-state index in [2.05, 4.69) is 10.3 Å². The van der Waals surface area contributed by atoms with Crippen LogP contribution in [0, 0.1) is 6.92 Å². The van der Waals surface area contributed by atoms with Gasteiger partial charge in [0.25, 0.3) is 0 Å². The summed E-state index contributed by atoms with van der Waals surface area (Å²) in [5, 5.41) is 7.88. The molecular weight excluding hydrogens is 558 g/mol. The molecule has 0 spiro atoms. The number of carbonyl (C=O) groups is 3. The first-order valence-corrected chi connectivity index (χ1v) is 15.3. The predicted molar refractivity (Wildman–Crippen MR) is 163 cm³/mol. The molecule has 2 aromatic heterocycles. The second-order valence-electron chi connectivity index (χ2n) is 11.4. The molecular formula is C33H37N7O4. The fraction of sp³-hybridized carbons (Fsp3) is 0.394. The Hall–Kier alpha value is -4.80. The fourth-order valence-corrected chi connectivity index (χ4v) is 5.95. The third-order valence-electron chi connectivity index (χ3n) is 8.34. The first-order valence-electron chi connectivity index (χ1n) is 15.3. The molecule has 0 aliphatic carbocycles. The molecule has 1 fully saturated rings. The van der Waals surface area contributed by atoms with Crippen LogP contribution in [0.4, 0.5) is 0 Å². The zero-order valence-corrected chi connectivity index (χ0v) is 25.1. The van der Waals surface area contributed by atoms with E-state index in [0.29, 0.717) is 68.0 Å². The molecule has 4 aromatic rings. The lowest BCUT2D eigenvalue weighted by molar-refractivity contribution is -0.139. The molecule has 11 nitrogen and oxygen atoms in total. The summed E-state index contributed by atoms with van der Waals surface area (Å²) in [4.78, 5) is 53.2. The molecule has 6 rings (SSSR count). The number of aryl methyl sites for hydroxylation is 1. The van der Waals surface area contributed by atoms with Crippen molar-refractivity contribution in [2.24, 2.45) is 0 Å². The van der Waals surface area contributed by atoms with Gasteiger partial charge in [-0.25, -0.2) is 14.6 Å². The van der Waals surface area contributed by atoms with E-state index in [9.17, 15) is 14.4 Å². The number of rotatable bonds is 4. The standard InChI is InChI=1S/C33H37N7O4/c1-22-31-36-30(24-11-5-3-6-12-24)37-40(31)20-19-38(17-10-16-28(41)39-18-9-15-27(39)32(43)34-22)29(42)21-26-23(2)44-33(35-26)25-13-7-4-8-14-25/h3-8,11-14,22,27H,9-10,15-21H2,1-2H3,(H,34,43)/t22-,27-/m0/s1. The predicted octanol–water partition coefficient (Wildman–Crippen LogP) is 3.94. The molecule has 2 aromatic carbocycles. The Bertz CT molecular complexity index is 1630. The molecule has 2 aliphatic rings. The highest BCUT2D eigenvalue weighted by Crippen LogP contribution is 2.24. The minimum absolute atomic E-state index is 0.0610. The van der Waals surface area contributed by atoms with Crippen molar-refractivity contribution < 1.29 is 18.8 Å². The fourth-order valence-electron chi connectivity index (χ4n) is 5.95. The van der Waals surface area contributed by atoms with Crippen molar-refractivity contribution in [1.29, 1.82) is 0 Å². The Balaban J connectivity index is 1.28. The van der Waals surface area contributed by atoms with Crippen LogP contribution in [0.3, 0.4) is 0 Å². The van der Waals surface area contributed by atoms with Crippen LogP contribution in [-0.2, 0) is 27.3 Å². The summed E-state index contributed by atoms with van der Waals surface area (Å²) in [5.74, 6) is 1.89. The van der Waals surface area contributed by atoms with E-state index in [1.807, 2.05) is 74.5 Å². The van der Waals surface area contributed by atoms with E-state index in [-0.39, 0.29) is 30.6 Å². The zero-order valence-electron chi connectivity index (χ0n) is 25.1. The van der Waals surface area contributed by atoms with Crippen molar-refractivity contribution in [2.45, 2.75) is 64.6 Å². The minimum atomic E-state index is -0.510. The van der Waals surface area contributed by atoms with Crippen molar-refractivity contribution in [3.8, 4) is 22.8 Å². The molecule has 0 radical (unpaired) electrons. The van der Waals surface area contributed by atoms with Crippen LogP contribution in [0.5, 0.6) is 0 Å². The Morgan fingerprint density at radius 2 is 1.66 bits per heavy atom. The van der Waals surface area contributed by atoms with E-state index in [1.54, 1.807) is 14.5 Å². The van der Waals surface area contributed by atoms with Crippen molar-refractivity contribution in [1.82, 2.24) is 34.9 Å². The smallest absolute Gasteiger partial charge is 0.243 e. The lowest BCUT2D eigenvalue weighted by Gasteiger charge is -2.28. The molecule has 0 saturated carbocycles. The van der Waals surface area contributed by atoms with Crippen LogP contribution >= 0.6 is 0 Å². The lowest BCUT2D eigenvalue weighted by Crippen LogP contribution is -2.47. The molecule has 1 N–H and O–H groups in total. The first kappa shape index (κ1) is 29.3. The maximum Gasteiger partial charge on any atom is 0.243 e. The SMILES string of the molecule is Cc1oc(-c2ccccc2)nc1CC(=O)N1CCCC(=O)N2CCC[C@H]2C(=O)N[C@@H](C)c2nc(-c3ccccc3)nn2CC1. The molecule has 0 unspecified atom stereocenters. The van der Waals surface area contributed by atoms with E-state index in [4.69, 9.17) is 14.5 Å². The molecule has 44 heavy (non-hydrogen) atoms. The lowest BCUT2D eigenvalue weighted by atomic mass is 10.1. The highest BCUT2D eigenvalue weighted by Gasteiger charge is 2.35. The van der Waals surface area contributed by atoms with Gasteiger partial charge in [-0.3, -0.25) is 14.4 Å². The molecule has 11 heteroatoms. The quantitative estimate of drug-likeness (QED) is 0.379. The highest BCUT2D eigenvalue weighted by atomic mass is 16.4. The molecule has 0 bridgehead atoms. The Labute approximate surface area is 256 Å². The summed E-state index contributed by atoms with van der Waals surface area (Å²) in [6, 6.07) is 18.3. The molecule has 4 heterocycles. The number of benzene rings is 2. The van der Waals surface area contributed by atoms with Crippen LogP contribution in [0.2, 0.25) is 0 Å². The van der Waals surface area contributed by atoms with Crippen LogP contribution < -0.4 is 5.32 Å². The average Bonchev–Trinajstić information content (AvgIpc) is 3.78. The van der Waals surface area contributed by atoms with Gasteiger partial charge < -0.3 is 19.5 Å². The molecule has 2 aliphatic heterocycles. The summed E-state index contributed by atoms with van der Waals surface area (Å²) >= 11 is 0. The summed E-state index contributed by atoms with van der Waals surface area (Å²) < 4.78 is 7.69. The van der Waals surface area contributed by atoms with Gasteiger partial charge in [0.2, 0.25) is 23.6 Å². The van der Waals surface area contributed by atoms with Crippen LogP contribution in [-0.4, -0.2) is 72.9 Å². The highest BCUT2D eigenvalue weighted by molar-refractivity contribution is 5.88. The van der Waals surface area contributed by atoms with Gasteiger partial charge in [0.05, 0.1) is 24.7 Å². The first-order chi connectivity index (χ1) is 21.4. The Morgan fingerprint density at radius 3 is 2.41 bits per heavy atom. The number of nitrogens with zero attached hydrogens (tertiary/aromatic N) is 6. The number of hydrogen-bond acceptors (Lipinski definition) is 7. The largest absolute Gasteiger partial charge is 0.441 e. The number of fused-ring (bicyclic) bond motifs is 2. The van der Waals surface area contributed by atoms with Gasteiger partial charge in [0.15, 0.2) is 5.82 Å². The number of hydrogen-bond donors (Lipinski definition) is 1. The third-order valence-corrected chi connectivity index (χ3v) is 8.34. The molecule has 2 atom stereocenters. The van der Waals surface area contributed by atoms with Crippen LogP contribution in [0.25, 0.3) is 22.8 Å². The molecule has 3 amide bonds. The average molecular weight is 596 g/mol. The van der Waals surface area contributed by atoms with E-state index < -0.39 is 12.1 Å². The topological polar surface area (TPSA) is 126 Å². The summed E-state index contributed by atoms with van der Waals surface area (Å²) in [6.07, 6.45) is 2.23. The number of carbonyl (C=O) groups excluding carboxylic acids is 3. The van der Waals surface area contributed by atoms with Gasteiger partial charge in [-0.2, -0.15) is 5.10 Å². The minimum Gasteiger partial charge on any atom is -0.441 e. The van der Waals surface area contributed by atoms with Crippen molar-refractivity contribution >= 4 is 17.7 Å².